The molecule has 2 rings (SSSR count). The first-order valence-corrected chi connectivity index (χ1v) is 7.30. The Kier molecular flexibility index (Phi) is 7.03. The highest BCUT2D eigenvalue weighted by Crippen LogP contribution is 2.20. The van der Waals surface area contributed by atoms with Gasteiger partial charge in [0, 0.05) is 24.7 Å². The van der Waals surface area contributed by atoms with E-state index in [-0.39, 0.29) is 18.3 Å². The summed E-state index contributed by atoms with van der Waals surface area (Å²) in [6.45, 7) is 3.95. The van der Waals surface area contributed by atoms with Gasteiger partial charge in [0.2, 0.25) is 0 Å². The van der Waals surface area contributed by atoms with Gasteiger partial charge >= 0.3 is 0 Å². The SMILES string of the molecule is CCCc1ccc(C(=O)N2CCCC2CNC)cc1.Cl. The third-order valence-electron chi connectivity index (χ3n) is 3.82. The molecule has 1 aromatic carbocycles. The van der Waals surface area contributed by atoms with Crippen molar-refractivity contribution in [2.24, 2.45) is 0 Å². The molecule has 1 aliphatic heterocycles. The Morgan fingerprint density at radius 2 is 2.05 bits per heavy atom. The zero-order chi connectivity index (χ0) is 13.7. The predicted molar refractivity (Wildman–Crippen MR) is 85.7 cm³/mol. The smallest absolute Gasteiger partial charge is 0.254 e. The van der Waals surface area contributed by atoms with Crippen LogP contribution in [0.1, 0.15) is 42.1 Å². The predicted octanol–water partition coefficient (Wildman–Crippen LogP) is 2.88. The topological polar surface area (TPSA) is 32.3 Å². The van der Waals surface area contributed by atoms with E-state index in [0.29, 0.717) is 6.04 Å². The largest absolute Gasteiger partial charge is 0.334 e. The Labute approximate surface area is 128 Å². The average molecular weight is 297 g/mol. The zero-order valence-electron chi connectivity index (χ0n) is 12.4. The fourth-order valence-electron chi connectivity index (χ4n) is 2.82. The van der Waals surface area contributed by atoms with Crippen molar-refractivity contribution in [1.82, 2.24) is 10.2 Å². The van der Waals surface area contributed by atoms with Crippen LogP contribution < -0.4 is 5.32 Å². The van der Waals surface area contributed by atoms with E-state index in [1.54, 1.807) is 0 Å². The summed E-state index contributed by atoms with van der Waals surface area (Å²) in [5, 5.41) is 3.18. The number of amides is 1. The summed E-state index contributed by atoms with van der Waals surface area (Å²) in [6, 6.07) is 8.47. The van der Waals surface area contributed by atoms with Crippen molar-refractivity contribution in [3.8, 4) is 0 Å². The molecule has 1 atom stereocenters. The van der Waals surface area contributed by atoms with Gasteiger partial charge in [-0.2, -0.15) is 0 Å². The minimum absolute atomic E-state index is 0. The second-order valence-corrected chi connectivity index (χ2v) is 5.30. The number of benzene rings is 1. The minimum atomic E-state index is 0. The molecule has 1 aliphatic rings. The van der Waals surface area contributed by atoms with Crippen LogP contribution in [0.15, 0.2) is 24.3 Å². The Morgan fingerprint density at radius 3 is 2.65 bits per heavy atom. The maximum absolute atomic E-state index is 12.5. The molecular weight excluding hydrogens is 272 g/mol. The van der Waals surface area contributed by atoms with Crippen LogP contribution in [0.4, 0.5) is 0 Å². The number of likely N-dealkylation sites (N-methyl/N-ethyl adjacent to an activating group) is 1. The molecule has 3 nitrogen and oxygen atoms in total. The molecule has 1 fully saturated rings. The Hall–Kier alpha value is -1.06. The van der Waals surface area contributed by atoms with Gasteiger partial charge in [-0.25, -0.2) is 0 Å². The van der Waals surface area contributed by atoms with Crippen molar-refractivity contribution >= 4 is 18.3 Å². The van der Waals surface area contributed by atoms with E-state index in [0.717, 1.165) is 44.3 Å². The van der Waals surface area contributed by atoms with Crippen LogP contribution in [-0.4, -0.2) is 37.0 Å². The molecule has 0 bridgehead atoms. The second-order valence-electron chi connectivity index (χ2n) is 5.30. The van der Waals surface area contributed by atoms with Crippen molar-refractivity contribution < 1.29 is 4.79 Å². The van der Waals surface area contributed by atoms with E-state index in [1.165, 1.54) is 5.56 Å². The highest BCUT2D eigenvalue weighted by atomic mass is 35.5. The van der Waals surface area contributed by atoms with Crippen LogP contribution in [-0.2, 0) is 6.42 Å². The maximum Gasteiger partial charge on any atom is 0.254 e. The standard InChI is InChI=1S/C16H24N2O.ClH/c1-3-5-13-7-9-14(10-8-13)16(19)18-11-4-6-15(18)12-17-2;/h7-10,15,17H,3-6,11-12H2,1-2H3;1H. The van der Waals surface area contributed by atoms with Crippen LogP contribution in [0, 0.1) is 0 Å². The Bertz CT molecular complexity index is 419. The Balaban J connectivity index is 0.00000200. The van der Waals surface area contributed by atoms with Crippen molar-refractivity contribution in [2.75, 3.05) is 20.1 Å². The summed E-state index contributed by atoms with van der Waals surface area (Å²) in [5.74, 6) is 0.181. The number of nitrogens with one attached hydrogen (secondary N) is 1. The van der Waals surface area contributed by atoms with Gasteiger partial charge in [-0.05, 0) is 44.0 Å². The lowest BCUT2D eigenvalue weighted by Gasteiger charge is -2.24. The van der Waals surface area contributed by atoms with Crippen LogP contribution in [0.25, 0.3) is 0 Å². The number of nitrogens with zero attached hydrogens (tertiary/aromatic N) is 1. The number of hydrogen-bond acceptors (Lipinski definition) is 2. The van der Waals surface area contributed by atoms with Gasteiger partial charge in [-0.3, -0.25) is 4.79 Å². The third kappa shape index (κ3) is 3.97. The van der Waals surface area contributed by atoms with Crippen molar-refractivity contribution in [1.29, 1.82) is 0 Å². The number of carbonyl (C=O) groups is 1. The number of halogens is 1. The zero-order valence-corrected chi connectivity index (χ0v) is 13.2. The molecule has 0 saturated carbocycles. The van der Waals surface area contributed by atoms with E-state index in [1.807, 2.05) is 24.1 Å². The average Bonchev–Trinajstić information content (AvgIpc) is 2.88. The summed E-state index contributed by atoms with van der Waals surface area (Å²) < 4.78 is 0. The van der Waals surface area contributed by atoms with Crippen LogP contribution >= 0.6 is 12.4 Å². The van der Waals surface area contributed by atoms with Gasteiger partial charge in [0.25, 0.3) is 5.91 Å². The molecule has 0 aromatic heterocycles. The number of likely N-dealkylation sites (tertiary alicyclic amines) is 1. The molecule has 1 saturated heterocycles. The van der Waals surface area contributed by atoms with Crippen LogP contribution in [0.5, 0.6) is 0 Å². The van der Waals surface area contributed by atoms with Crippen LogP contribution in [0.2, 0.25) is 0 Å². The van der Waals surface area contributed by atoms with E-state index in [4.69, 9.17) is 0 Å². The lowest BCUT2D eigenvalue weighted by atomic mass is 10.1. The van der Waals surface area contributed by atoms with E-state index in [9.17, 15) is 4.79 Å². The maximum atomic E-state index is 12.5. The molecule has 1 aromatic rings. The molecular formula is C16H25ClN2O. The summed E-state index contributed by atoms with van der Waals surface area (Å²) >= 11 is 0. The van der Waals surface area contributed by atoms with Crippen molar-refractivity contribution in [2.45, 2.75) is 38.6 Å². The summed E-state index contributed by atoms with van der Waals surface area (Å²) in [5.41, 5.74) is 2.13. The van der Waals surface area contributed by atoms with Gasteiger partial charge in [0.05, 0.1) is 0 Å². The summed E-state index contributed by atoms with van der Waals surface area (Å²) in [6.07, 6.45) is 4.46. The van der Waals surface area contributed by atoms with Crippen molar-refractivity contribution in [3.05, 3.63) is 35.4 Å². The normalized spacial score (nSPS) is 17.9. The number of aryl methyl sites for hydroxylation is 1. The molecule has 0 spiro atoms. The molecule has 20 heavy (non-hydrogen) atoms. The molecule has 0 radical (unpaired) electrons. The fourth-order valence-corrected chi connectivity index (χ4v) is 2.82. The van der Waals surface area contributed by atoms with Crippen LogP contribution in [0.3, 0.4) is 0 Å². The van der Waals surface area contributed by atoms with Crippen molar-refractivity contribution in [3.63, 3.8) is 0 Å². The first-order chi connectivity index (χ1) is 9.26. The Morgan fingerprint density at radius 1 is 1.35 bits per heavy atom. The molecule has 1 heterocycles. The minimum Gasteiger partial charge on any atom is -0.334 e. The first-order valence-electron chi connectivity index (χ1n) is 7.30. The number of hydrogen-bond donors (Lipinski definition) is 1. The molecule has 0 aliphatic carbocycles. The van der Waals surface area contributed by atoms with E-state index < -0.39 is 0 Å². The molecule has 1 amide bonds. The summed E-state index contributed by atoms with van der Waals surface area (Å²) in [4.78, 5) is 14.5. The van der Waals surface area contributed by atoms with Gasteiger partial charge in [-0.15, -0.1) is 12.4 Å². The number of rotatable bonds is 5. The fraction of sp³-hybridized carbons (Fsp3) is 0.562. The van der Waals surface area contributed by atoms with Gasteiger partial charge in [0.1, 0.15) is 0 Å². The van der Waals surface area contributed by atoms with E-state index in [2.05, 4.69) is 24.4 Å². The molecule has 1 unspecified atom stereocenters. The lowest BCUT2D eigenvalue weighted by Crippen LogP contribution is -2.40. The van der Waals surface area contributed by atoms with Gasteiger partial charge in [-0.1, -0.05) is 25.5 Å². The third-order valence-corrected chi connectivity index (χ3v) is 3.82. The number of carbonyl (C=O) groups excluding carboxylic acids is 1. The van der Waals surface area contributed by atoms with E-state index >= 15 is 0 Å². The highest BCUT2D eigenvalue weighted by molar-refractivity contribution is 5.94. The monoisotopic (exact) mass is 296 g/mol. The molecule has 112 valence electrons. The summed E-state index contributed by atoms with van der Waals surface area (Å²) in [7, 11) is 1.94. The van der Waals surface area contributed by atoms with Gasteiger partial charge < -0.3 is 10.2 Å². The lowest BCUT2D eigenvalue weighted by molar-refractivity contribution is 0.0737. The molecule has 1 N–H and O–H groups in total. The highest BCUT2D eigenvalue weighted by Gasteiger charge is 2.28. The first kappa shape index (κ1) is 17.0. The second kappa shape index (κ2) is 8.28. The quantitative estimate of drug-likeness (QED) is 0.906. The molecule has 4 heteroatoms. The van der Waals surface area contributed by atoms with Gasteiger partial charge in [0.15, 0.2) is 0 Å².